The van der Waals surface area contributed by atoms with Gasteiger partial charge in [-0.25, -0.2) is 4.98 Å². The lowest BCUT2D eigenvalue weighted by atomic mass is 10.0. The van der Waals surface area contributed by atoms with Gasteiger partial charge in [0.05, 0.1) is 22.8 Å². The lowest BCUT2D eigenvalue weighted by molar-refractivity contribution is -0.136. The zero-order valence-electron chi connectivity index (χ0n) is 30.9. The van der Waals surface area contributed by atoms with E-state index in [2.05, 4.69) is 30.3 Å². The highest BCUT2D eigenvalue weighted by molar-refractivity contribution is 6.33. The highest BCUT2D eigenvalue weighted by Gasteiger charge is 2.45. The number of imide groups is 2. The molecule has 0 spiro atoms. The molecule has 17 heteroatoms. The van der Waals surface area contributed by atoms with Crippen molar-refractivity contribution in [2.75, 3.05) is 61.0 Å². The third-order valence-electron chi connectivity index (χ3n) is 10.9. The Labute approximate surface area is 326 Å². The average molecular weight is 782 g/mol. The predicted octanol–water partition coefficient (Wildman–Crippen LogP) is 2.89. The number of piperazine rings is 1. The summed E-state index contributed by atoms with van der Waals surface area (Å²) in [4.78, 5) is 92.1. The lowest BCUT2D eigenvalue weighted by Crippen LogP contribution is -2.55. The van der Waals surface area contributed by atoms with E-state index < -0.39 is 29.7 Å². The molecule has 56 heavy (non-hydrogen) atoms. The van der Waals surface area contributed by atoms with Gasteiger partial charge in [-0.05, 0) is 68.7 Å². The first kappa shape index (κ1) is 37.1. The Morgan fingerprint density at radius 1 is 0.946 bits per heavy atom. The molecule has 6 heterocycles. The summed E-state index contributed by atoms with van der Waals surface area (Å²) >= 11 is 6.55. The highest BCUT2D eigenvalue weighted by Crippen LogP contribution is 2.33. The minimum atomic E-state index is -0.999. The zero-order chi connectivity index (χ0) is 39.2. The van der Waals surface area contributed by atoms with Crippen molar-refractivity contribution < 1.29 is 28.7 Å². The van der Waals surface area contributed by atoms with Crippen LogP contribution >= 0.6 is 11.6 Å². The summed E-state index contributed by atoms with van der Waals surface area (Å²) in [5.74, 6) is -1.16. The number of Topliss-reactive ketones (excluding diaryl/α,β-unsaturated/α-hetero) is 1. The summed E-state index contributed by atoms with van der Waals surface area (Å²) in [7, 11) is 1.65. The Hall–Kier alpha value is -5.87. The fraction of sp³-hybridized carbons (Fsp3) is 0.385. The number of fused-ring (bicyclic) bond motifs is 2. The number of piperidine rings is 2. The van der Waals surface area contributed by atoms with Crippen LogP contribution in [0, 0.1) is 0 Å². The van der Waals surface area contributed by atoms with Crippen LogP contribution in [0.5, 0.6) is 5.75 Å². The number of aryl methyl sites for hydroxylation is 1. The summed E-state index contributed by atoms with van der Waals surface area (Å²) in [6.45, 7) is 5.77. The number of pyridine rings is 1. The second-order valence-corrected chi connectivity index (χ2v) is 15.0. The summed E-state index contributed by atoms with van der Waals surface area (Å²) in [5.41, 5.74) is 2.46. The maximum absolute atomic E-state index is 13.4. The number of carbonyl (C=O) groups is 5. The van der Waals surface area contributed by atoms with Crippen LogP contribution in [0.15, 0.2) is 53.5 Å². The number of rotatable bonds is 9. The molecule has 16 nitrogen and oxygen atoms in total. The number of hydrogen-bond donors (Lipinski definition) is 2. The molecule has 0 saturated carbocycles. The minimum absolute atomic E-state index is 0.0739. The van der Waals surface area contributed by atoms with E-state index in [9.17, 15) is 28.8 Å². The molecule has 4 aliphatic rings. The van der Waals surface area contributed by atoms with Crippen LogP contribution in [0.3, 0.4) is 0 Å². The summed E-state index contributed by atoms with van der Waals surface area (Å²) < 4.78 is 6.95. The quantitative estimate of drug-likeness (QED) is 0.237. The van der Waals surface area contributed by atoms with E-state index in [0.717, 1.165) is 55.0 Å². The van der Waals surface area contributed by atoms with Crippen molar-refractivity contribution in [3.05, 3.63) is 75.2 Å². The van der Waals surface area contributed by atoms with Gasteiger partial charge in [-0.2, -0.15) is 4.98 Å². The van der Waals surface area contributed by atoms with Gasteiger partial charge in [0.15, 0.2) is 17.4 Å². The number of nitrogens with one attached hydrogen (secondary N) is 2. The third-order valence-corrected chi connectivity index (χ3v) is 11.2. The topological polar surface area (TPSA) is 179 Å². The molecule has 2 N–H and O–H groups in total. The second kappa shape index (κ2) is 15.0. The van der Waals surface area contributed by atoms with Crippen LogP contribution in [0.2, 0.25) is 5.02 Å². The van der Waals surface area contributed by atoms with E-state index in [1.807, 2.05) is 24.3 Å². The molecule has 4 amide bonds. The van der Waals surface area contributed by atoms with Crippen molar-refractivity contribution in [3.63, 3.8) is 0 Å². The van der Waals surface area contributed by atoms with Crippen molar-refractivity contribution in [2.45, 2.75) is 44.7 Å². The van der Waals surface area contributed by atoms with Gasteiger partial charge in [0.2, 0.25) is 17.8 Å². The van der Waals surface area contributed by atoms with Gasteiger partial charge in [-0.15, -0.1) is 0 Å². The monoisotopic (exact) mass is 781 g/mol. The second-order valence-electron chi connectivity index (χ2n) is 14.6. The van der Waals surface area contributed by atoms with Crippen LogP contribution in [0.4, 0.5) is 23.1 Å². The maximum atomic E-state index is 13.4. The van der Waals surface area contributed by atoms with E-state index >= 15 is 0 Å². The largest absolute Gasteiger partial charge is 0.480 e. The molecular weight excluding hydrogens is 742 g/mol. The molecular formula is C39H40ClN9O7. The number of nitrogens with zero attached hydrogens (tertiary/aromatic N) is 7. The van der Waals surface area contributed by atoms with Crippen LogP contribution < -0.4 is 30.7 Å². The average Bonchev–Trinajstić information content (AvgIpc) is 3.44. The molecule has 2 atom stereocenters. The fourth-order valence-electron chi connectivity index (χ4n) is 7.98. The number of hydrogen-bond acceptors (Lipinski definition) is 13. The Kier molecular flexibility index (Phi) is 9.92. The molecule has 4 aromatic rings. The molecule has 3 fully saturated rings. The summed E-state index contributed by atoms with van der Waals surface area (Å²) in [6, 6.07) is 11.7. The first-order chi connectivity index (χ1) is 26.9. The Morgan fingerprint density at radius 2 is 1.73 bits per heavy atom. The smallest absolute Gasteiger partial charge is 0.293 e. The van der Waals surface area contributed by atoms with Gasteiger partial charge < -0.3 is 24.4 Å². The number of aromatic nitrogens is 3. The highest BCUT2D eigenvalue weighted by atomic mass is 35.5. The van der Waals surface area contributed by atoms with Crippen LogP contribution in [-0.4, -0.2) is 112 Å². The molecule has 0 bridgehead atoms. The van der Waals surface area contributed by atoms with Crippen LogP contribution in [-0.2, 0) is 21.4 Å². The van der Waals surface area contributed by atoms with E-state index in [1.165, 1.54) is 11.5 Å². The van der Waals surface area contributed by atoms with Crippen molar-refractivity contribution in [1.82, 2.24) is 29.7 Å². The molecule has 3 saturated heterocycles. The van der Waals surface area contributed by atoms with Gasteiger partial charge in [0, 0.05) is 75.5 Å². The van der Waals surface area contributed by atoms with Crippen LogP contribution in [0.25, 0.3) is 10.9 Å². The maximum Gasteiger partial charge on any atom is 0.293 e. The van der Waals surface area contributed by atoms with E-state index in [-0.39, 0.29) is 53.7 Å². The Balaban J connectivity index is 0.908. The SMILES string of the molecule is CC(=O)COc1cc2cc(Nc3nc(N4CCN(C5CCCN(c6ccc7c(c6)C(=O)N(C6CCC(=O)NC6=O)C7=O)C5)CC4)ncc3Cl)ccc2n(C)c1=O. The number of anilines is 4. The number of halogens is 1. The summed E-state index contributed by atoms with van der Waals surface area (Å²) in [6.07, 6.45) is 3.76. The molecule has 0 aliphatic carbocycles. The molecule has 290 valence electrons. The molecule has 8 rings (SSSR count). The predicted molar refractivity (Wildman–Crippen MR) is 208 cm³/mol. The normalized spacial score (nSPS) is 20.4. The van der Waals surface area contributed by atoms with Crippen molar-refractivity contribution in [3.8, 4) is 5.75 Å². The number of amides is 4. The molecule has 4 aliphatic heterocycles. The number of benzene rings is 2. The van der Waals surface area contributed by atoms with Crippen molar-refractivity contribution in [2.24, 2.45) is 7.05 Å². The van der Waals surface area contributed by atoms with Gasteiger partial charge >= 0.3 is 0 Å². The number of ether oxygens (including phenoxy) is 1. The minimum Gasteiger partial charge on any atom is -0.480 e. The van der Waals surface area contributed by atoms with Gasteiger partial charge in [-0.1, -0.05) is 11.6 Å². The Bertz CT molecular complexity index is 2360. The Morgan fingerprint density at radius 3 is 2.50 bits per heavy atom. The first-order valence-electron chi connectivity index (χ1n) is 18.6. The molecule has 0 radical (unpaired) electrons. The fourth-order valence-corrected chi connectivity index (χ4v) is 8.12. The third kappa shape index (κ3) is 7.05. The molecule has 2 aromatic heterocycles. The lowest BCUT2D eigenvalue weighted by Gasteiger charge is -2.44. The van der Waals surface area contributed by atoms with E-state index in [0.29, 0.717) is 41.1 Å². The van der Waals surface area contributed by atoms with E-state index in [1.54, 1.807) is 31.4 Å². The zero-order valence-corrected chi connectivity index (χ0v) is 31.7. The van der Waals surface area contributed by atoms with E-state index in [4.69, 9.17) is 21.3 Å². The van der Waals surface area contributed by atoms with Gasteiger partial charge in [0.25, 0.3) is 17.4 Å². The number of carbonyl (C=O) groups excluding carboxylic acids is 5. The first-order valence-corrected chi connectivity index (χ1v) is 19.0. The van der Waals surface area contributed by atoms with Crippen LogP contribution in [0.1, 0.15) is 53.3 Å². The van der Waals surface area contributed by atoms with Gasteiger partial charge in [-0.3, -0.25) is 43.9 Å². The van der Waals surface area contributed by atoms with Gasteiger partial charge in [0.1, 0.15) is 17.7 Å². The summed E-state index contributed by atoms with van der Waals surface area (Å²) in [5, 5.41) is 6.61. The molecule has 2 aromatic carbocycles. The van der Waals surface area contributed by atoms with Crippen molar-refractivity contribution >= 4 is 75.1 Å². The number of ketones is 1. The standard InChI is InChI=1S/C39H40ClN9O7/c1-22(50)21-56-32-17-23-16-24(5-8-30(23)45(2)38(32)55)42-34-29(40)19-41-39(44-34)47-14-12-46(13-15-47)26-4-3-11-48(20-26)25-6-7-27-28(18-25)37(54)49(36(27)53)31-9-10-33(51)43-35(31)52/h5-8,16-19,26,31H,3-4,9-15,20-21H2,1-2H3,(H,41,42,44)(H,43,51,52). The van der Waals surface area contributed by atoms with Crippen molar-refractivity contribution in [1.29, 1.82) is 0 Å². The molecule has 2 unspecified atom stereocenters.